The molecule has 8 heteroatoms. The zero-order chi connectivity index (χ0) is 14.9. The molecule has 0 saturated heterocycles. The van der Waals surface area contributed by atoms with Crippen LogP contribution in [-0.4, -0.2) is 41.7 Å². The molecule has 0 aliphatic rings. The molecule has 0 fully saturated rings. The molecule has 6 nitrogen and oxygen atoms in total. The quantitative estimate of drug-likeness (QED) is 0.848. The average Bonchev–Trinajstić information content (AvgIpc) is 2.86. The van der Waals surface area contributed by atoms with Crippen LogP contribution in [-0.2, 0) is 10.0 Å². The Balaban J connectivity index is 2.30. The summed E-state index contributed by atoms with van der Waals surface area (Å²) < 4.78 is 37.4. The molecular weight excluding hydrogens is 285 g/mol. The van der Waals surface area contributed by atoms with Crippen LogP contribution >= 0.6 is 0 Å². The number of amides is 1. The highest BCUT2D eigenvalue weighted by Gasteiger charge is 2.22. The molecule has 2 rings (SSSR count). The molecule has 2 aromatic rings. The lowest BCUT2D eigenvalue weighted by molar-refractivity contribution is 0.0878. The molecule has 1 aromatic carbocycles. The van der Waals surface area contributed by atoms with Gasteiger partial charge < -0.3 is 0 Å². The lowest BCUT2D eigenvalue weighted by Gasteiger charge is -2.12. The lowest BCUT2D eigenvalue weighted by Crippen LogP contribution is -2.32. The first-order chi connectivity index (χ1) is 9.29. The second kappa shape index (κ2) is 5.04. The van der Waals surface area contributed by atoms with Crippen molar-refractivity contribution in [2.45, 2.75) is 0 Å². The molecule has 106 valence electrons. The van der Waals surface area contributed by atoms with E-state index in [2.05, 4.69) is 5.10 Å². The van der Waals surface area contributed by atoms with Gasteiger partial charge in [0.15, 0.2) is 5.69 Å². The number of hydrogen-bond donors (Lipinski definition) is 0. The van der Waals surface area contributed by atoms with Crippen LogP contribution in [0.15, 0.2) is 36.5 Å². The van der Waals surface area contributed by atoms with E-state index in [1.807, 2.05) is 0 Å². The number of rotatable bonds is 3. The van der Waals surface area contributed by atoms with Gasteiger partial charge in [-0.3, -0.25) is 4.79 Å². The summed E-state index contributed by atoms with van der Waals surface area (Å²) in [4.78, 5) is 11.9. The first-order valence-corrected chi connectivity index (χ1v) is 7.44. The zero-order valence-electron chi connectivity index (χ0n) is 10.8. The van der Waals surface area contributed by atoms with Crippen LogP contribution < -0.4 is 0 Å². The van der Waals surface area contributed by atoms with Gasteiger partial charge in [0, 0.05) is 13.2 Å². The highest BCUT2D eigenvalue weighted by atomic mass is 32.2. The van der Waals surface area contributed by atoms with Crippen molar-refractivity contribution in [1.82, 2.24) is 14.1 Å². The van der Waals surface area contributed by atoms with Gasteiger partial charge in [0.1, 0.15) is 5.82 Å². The van der Waals surface area contributed by atoms with Crippen LogP contribution in [0.5, 0.6) is 0 Å². The Bertz CT molecular complexity index is 738. The number of carbonyl (C=O) groups excluding carboxylic acids is 1. The fourth-order valence-corrected chi connectivity index (χ4v) is 1.88. The first-order valence-electron chi connectivity index (χ1n) is 5.59. The monoisotopic (exact) mass is 297 g/mol. The fraction of sp³-hybridized carbons (Fsp3) is 0.167. The van der Waals surface area contributed by atoms with Crippen LogP contribution in [0.25, 0.3) is 5.69 Å². The van der Waals surface area contributed by atoms with Crippen molar-refractivity contribution in [3.05, 3.63) is 48.0 Å². The van der Waals surface area contributed by atoms with E-state index in [0.717, 1.165) is 13.3 Å². The normalized spacial score (nSPS) is 11.3. The Labute approximate surface area is 115 Å². The molecule has 0 bridgehead atoms. The van der Waals surface area contributed by atoms with Crippen LogP contribution in [0.4, 0.5) is 4.39 Å². The van der Waals surface area contributed by atoms with E-state index in [0.29, 0.717) is 9.99 Å². The van der Waals surface area contributed by atoms with Gasteiger partial charge in [-0.1, -0.05) is 0 Å². The molecule has 20 heavy (non-hydrogen) atoms. The van der Waals surface area contributed by atoms with Crippen molar-refractivity contribution in [2.75, 3.05) is 13.3 Å². The van der Waals surface area contributed by atoms with Gasteiger partial charge in [-0.25, -0.2) is 21.8 Å². The van der Waals surface area contributed by atoms with E-state index in [9.17, 15) is 17.6 Å². The first kappa shape index (κ1) is 14.2. The third-order valence-corrected chi connectivity index (χ3v) is 3.84. The van der Waals surface area contributed by atoms with Crippen molar-refractivity contribution in [1.29, 1.82) is 0 Å². The van der Waals surface area contributed by atoms with E-state index in [1.54, 1.807) is 0 Å². The van der Waals surface area contributed by atoms with Gasteiger partial charge in [-0.15, -0.1) is 0 Å². The van der Waals surface area contributed by atoms with Crippen LogP contribution in [0.1, 0.15) is 10.5 Å². The predicted octanol–water partition coefficient (Wildman–Crippen LogP) is 1.04. The van der Waals surface area contributed by atoms with E-state index >= 15 is 0 Å². The van der Waals surface area contributed by atoms with E-state index in [-0.39, 0.29) is 11.5 Å². The van der Waals surface area contributed by atoms with Crippen LogP contribution in [0, 0.1) is 5.82 Å². The summed E-state index contributed by atoms with van der Waals surface area (Å²) in [5.74, 6) is -1.11. The standard InChI is InChI=1S/C12H12FN3O3S/c1-15(20(2,18)19)12(17)11-7-8-16(14-11)10-5-3-9(13)4-6-10/h3-8H,1-2H3. The molecule has 0 aliphatic heterocycles. The molecule has 0 N–H and O–H groups in total. The van der Waals surface area contributed by atoms with Gasteiger partial charge in [-0.05, 0) is 30.3 Å². The lowest BCUT2D eigenvalue weighted by atomic mass is 10.3. The highest BCUT2D eigenvalue weighted by Crippen LogP contribution is 2.10. The molecule has 0 aliphatic carbocycles. The largest absolute Gasteiger partial charge is 0.287 e. The maximum Gasteiger partial charge on any atom is 0.287 e. The van der Waals surface area contributed by atoms with E-state index in [4.69, 9.17) is 0 Å². The molecule has 0 radical (unpaired) electrons. The Hall–Kier alpha value is -2.22. The topological polar surface area (TPSA) is 72.3 Å². The summed E-state index contributed by atoms with van der Waals surface area (Å²) in [5.41, 5.74) is 0.551. The Kier molecular flexibility index (Phi) is 3.58. The number of benzene rings is 1. The molecule has 0 atom stereocenters. The van der Waals surface area contributed by atoms with Crippen LogP contribution in [0.2, 0.25) is 0 Å². The molecule has 1 amide bonds. The Morgan fingerprint density at radius 2 is 1.85 bits per heavy atom. The van der Waals surface area contributed by atoms with Gasteiger partial charge >= 0.3 is 0 Å². The highest BCUT2D eigenvalue weighted by molar-refractivity contribution is 7.88. The minimum atomic E-state index is -3.63. The molecule has 1 aromatic heterocycles. The van der Waals surface area contributed by atoms with Crippen LogP contribution in [0.3, 0.4) is 0 Å². The Morgan fingerprint density at radius 1 is 1.25 bits per heavy atom. The van der Waals surface area contributed by atoms with Crippen molar-refractivity contribution in [3.63, 3.8) is 0 Å². The molecule has 0 saturated carbocycles. The maximum atomic E-state index is 12.8. The third-order valence-electron chi connectivity index (χ3n) is 2.68. The van der Waals surface area contributed by atoms with E-state index in [1.165, 1.54) is 41.2 Å². The maximum absolute atomic E-state index is 12.8. The van der Waals surface area contributed by atoms with Gasteiger partial charge in [-0.2, -0.15) is 5.10 Å². The second-order valence-electron chi connectivity index (χ2n) is 4.16. The summed E-state index contributed by atoms with van der Waals surface area (Å²) in [7, 11) is -2.46. The molecule has 1 heterocycles. The number of aromatic nitrogens is 2. The summed E-state index contributed by atoms with van der Waals surface area (Å²) in [5, 5.41) is 3.98. The zero-order valence-corrected chi connectivity index (χ0v) is 11.6. The summed E-state index contributed by atoms with van der Waals surface area (Å²) in [6.07, 6.45) is 2.43. The van der Waals surface area contributed by atoms with Crippen molar-refractivity contribution < 1.29 is 17.6 Å². The summed E-state index contributed by atoms with van der Waals surface area (Å²) >= 11 is 0. The molecule has 0 unspecified atom stereocenters. The van der Waals surface area contributed by atoms with Crippen molar-refractivity contribution in [3.8, 4) is 5.69 Å². The molecular formula is C12H12FN3O3S. The SMILES string of the molecule is CN(C(=O)c1ccn(-c2ccc(F)cc2)n1)S(C)(=O)=O. The average molecular weight is 297 g/mol. The number of nitrogens with zero attached hydrogens (tertiary/aromatic N) is 3. The number of halogens is 1. The van der Waals surface area contributed by atoms with Crippen molar-refractivity contribution >= 4 is 15.9 Å². The van der Waals surface area contributed by atoms with Gasteiger partial charge in [0.25, 0.3) is 5.91 Å². The van der Waals surface area contributed by atoms with Gasteiger partial charge in [0.05, 0.1) is 11.9 Å². The smallest absolute Gasteiger partial charge is 0.266 e. The number of carbonyl (C=O) groups is 1. The summed E-state index contributed by atoms with van der Waals surface area (Å²) in [6.45, 7) is 0. The Morgan fingerprint density at radius 3 is 2.40 bits per heavy atom. The third kappa shape index (κ3) is 2.85. The number of hydrogen-bond acceptors (Lipinski definition) is 4. The van der Waals surface area contributed by atoms with E-state index < -0.39 is 15.9 Å². The fourth-order valence-electron chi connectivity index (χ4n) is 1.49. The minimum absolute atomic E-state index is 0.0118. The van der Waals surface area contributed by atoms with Crippen molar-refractivity contribution in [2.24, 2.45) is 0 Å². The summed E-state index contributed by atoms with van der Waals surface area (Å²) in [6, 6.07) is 6.92. The number of sulfonamides is 1. The molecule has 0 spiro atoms. The van der Waals surface area contributed by atoms with Gasteiger partial charge in [0.2, 0.25) is 10.0 Å². The second-order valence-corrected chi connectivity index (χ2v) is 6.17. The predicted molar refractivity (Wildman–Crippen MR) is 70.5 cm³/mol. The minimum Gasteiger partial charge on any atom is -0.266 e.